The molecule has 0 radical (unpaired) electrons. The molecule has 0 atom stereocenters. The lowest BCUT2D eigenvalue weighted by Crippen LogP contribution is -2.26. The SMILES string of the molecule is Cc1ccc([N+](=O)[O-])c(=O)n1Cc1cc(=O)c(OCc2ccccc2)cn1C. The Balaban J connectivity index is 1.88. The molecule has 8 heteroatoms. The molecule has 0 aliphatic carbocycles. The van der Waals surface area contributed by atoms with E-state index in [1.54, 1.807) is 24.7 Å². The Morgan fingerprint density at radius 3 is 2.50 bits per heavy atom. The smallest absolute Gasteiger partial charge is 0.334 e. The number of ether oxygens (including phenoxy) is 1. The number of rotatable bonds is 6. The van der Waals surface area contributed by atoms with Crippen LogP contribution in [0.25, 0.3) is 0 Å². The highest BCUT2D eigenvalue weighted by Gasteiger charge is 2.17. The topological polar surface area (TPSA) is 96.4 Å². The average Bonchev–Trinajstić information content (AvgIpc) is 2.66. The van der Waals surface area contributed by atoms with Crippen molar-refractivity contribution in [3.63, 3.8) is 0 Å². The van der Waals surface area contributed by atoms with Gasteiger partial charge >= 0.3 is 11.2 Å². The molecule has 0 saturated heterocycles. The van der Waals surface area contributed by atoms with Gasteiger partial charge in [-0.25, -0.2) is 0 Å². The number of pyridine rings is 2. The first-order valence-corrected chi connectivity index (χ1v) is 8.58. The predicted octanol–water partition coefficient (Wildman–Crippen LogP) is 2.39. The standard InChI is InChI=1S/C20H19N3O5/c1-14-8-9-17(23(26)27)20(25)22(14)11-16-10-18(24)19(12-21(16)2)28-13-15-6-4-3-5-7-15/h3-10,12H,11,13H2,1-2H3. The third kappa shape index (κ3) is 4.01. The Kier molecular flexibility index (Phi) is 5.39. The molecule has 0 saturated carbocycles. The molecule has 2 aromatic heterocycles. The molecule has 0 fully saturated rings. The molecule has 0 amide bonds. The van der Waals surface area contributed by atoms with Gasteiger partial charge in [0.1, 0.15) is 6.61 Å². The van der Waals surface area contributed by atoms with Crippen molar-refractivity contribution < 1.29 is 9.66 Å². The van der Waals surface area contributed by atoms with Crippen molar-refractivity contribution in [2.45, 2.75) is 20.1 Å². The second kappa shape index (κ2) is 7.91. The van der Waals surface area contributed by atoms with E-state index in [4.69, 9.17) is 4.74 Å². The molecule has 2 heterocycles. The highest BCUT2D eigenvalue weighted by molar-refractivity contribution is 5.29. The van der Waals surface area contributed by atoms with Gasteiger partial charge in [-0.2, -0.15) is 0 Å². The number of benzene rings is 1. The van der Waals surface area contributed by atoms with Crippen molar-refractivity contribution in [1.29, 1.82) is 0 Å². The fraction of sp³-hybridized carbons (Fsp3) is 0.200. The molecular formula is C20H19N3O5. The van der Waals surface area contributed by atoms with E-state index in [-0.39, 0.29) is 24.3 Å². The van der Waals surface area contributed by atoms with Crippen LogP contribution in [0.3, 0.4) is 0 Å². The lowest BCUT2D eigenvalue weighted by atomic mass is 10.2. The molecule has 0 bridgehead atoms. The van der Waals surface area contributed by atoms with Crippen LogP contribution in [0, 0.1) is 17.0 Å². The van der Waals surface area contributed by atoms with Gasteiger partial charge in [0, 0.05) is 30.6 Å². The summed E-state index contributed by atoms with van der Waals surface area (Å²) in [5.74, 6) is 0.193. The minimum Gasteiger partial charge on any atom is -0.483 e. The van der Waals surface area contributed by atoms with E-state index in [0.717, 1.165) is 5.56 Å². The number of nitro groups is 1. The lowest BCUT2D eigenvalue weighted by Gasteiger charge is -2.14. The first kappa shape index (κ1) is 19.1. The first-order chi connectivity index (χ1) is 13.4. The summed E-state index contributed by atoms with van der Waals surface area (Å²) in [5.41, 5.74) is 0.503. The van der Waals surface area contributed by atoms with Crippen molar-refractivity contribution in [2.75, 3.05) is 0 Å². The molecule has 8 nitrogen and oxygen atoms in total. The molecule has 0 N–H and O–H groups in total. The third-order valence-electron chi connectivity index (χ3n) is 4.43. The van der Waals surface area contributed by atoms with Crippen molar-refractivity contribution in [2.24, 2.45) is 7.05 Å². The molecule has 1 aromatic carbocycles. The molecule has 3 rings (SSSR count). The Bertz CT molecular complexity index is 1130. The molecule has 0 spiro atoms. The summed E-state index contributed by atoms with van der Waals surface area (Å²) < 4.78 is 8.56. The van der Waals surface area contributed by atoms with Crippen LogP contribution in [0.1, 0.15) is 17.0 Å². The van der Waals surface area contributed by atoms with Crippen molar-refractivity contribution in [1.82, 2.24) is 9.13 Å². The lowest BCUT2D eigenvalue weighted by molar-refractivity contribution is -0.386. The van der Waals surface area contributed by atoms with Gasteiger partial charge in [-0.05, 0) is 18.6 Å². The maximum absolute atomic E-state index is 12.4. The quantitative estimate of drug-likeness (QED) is 0.482. The minimum absolute atomic E-state index is 0.0387. The van der Waals surface area contributed by atoms with Crippen molar-refractivity contribution in [3.8, 4) is 5.75 Å². The summed E-state index contributed by atoms with van der Waals surface area (Å²) in [6, 6.07) is 13.5. The van der Waals surface area contributed by atoms with Gasteiger partial charge in [0.25, 0.3) is 0 Å². The summed E-state index contributed by atoms with van der Waals surface area (Å²) in [6.45, 7) is 1.98. The van der Waals surface area contributed by atoms with Gasteiger partial charge < -0.3 is 13.9 Å². The van der Waals surface area contributed by atoms with Crippen LogP contribution >= 0.6 is 0 Å². The van der Waals surface area contributed by atoms with Gasteiger partial charge in [-0.15, -0.1) is 0 Å². The maximum atomic E-state index is 12.4. The van der Waals surface area contributed by atoms with E-state index < -0.39 is 16.2 Å². The zero-order valence-corrected chi connectivity index (χ0v) is 15.5. The normalized spacial score (nSPS) is 10.6. The number of nitrogens with zero attached hydrogens (tertiary/aromatic N) is 3. The number of aryl methyl sites for hydroxylation is 2. The van der Waals surface area contributed by atoms with Gasteiger partial charge in [0.2, 0.25) is 5.43 Å². The molecule has 144 valence electrons. The average molecular weight is 381 g/mol. The van der Waals surface area contributed by atoms with Crippen LogP contribution < -0.4 is 15.7 Å². The number of hydrogen-bond donors (Lipinski definition) is 0. The zero-order valence-electron chi connectivity index (χ0n) is 15.5. The second-order valence-corrected chi connectivity index (χ2v) is 6.39. The Morgan fingerprint density at radius 1 is 1.11 bits per heavy atom. The summed E-state index contributed by atoms with van der Waals surface area (Å²) in [5, 5.41) is 11.0. The van der Waals surface area contributed by atoms with Gasteiger partial charge in [-0.3, -0.25) is 19.7 Å². The molecule has 0 aliphatic rings. The van der Waals surface area contributed by atoms with E-state index >= 15 is 0 Å². The van der Waals surface area contributed by atoms with Gasteiger partial charge in [0.15, 0.2) is 5.75 Å². The van der Waals surface area contributed by atoms with Crippen LogP contribution in [-0.2, 0) is 20.2 Å². The van der Waals surface area contributed by atoms with E-state index in [1.807, 2.05) is 30.3 Å². The molecule has 28 heavy (non-hydrogen) atoms. The highest BCUT2D eigenvalue weighted by Crippen LogP contribution is 2.12. The molecule has 0 unspecified atom stereocenters. The van der Waals surface area contributed by atoms with Crippen molar-refractivity contribution in [3.05, 3.63) is 102 Å². The predicted molar refractivity (Wildman–Crippen MR) is 104 cm³/mol. The van der Waals surface area contributed by atoms with E-state index in [0.29, 0.717) is 11.4 Å². The van der Waals surface area contributed by atoms with Crippen LogP contribution in [0.2, 0.25) is 0 Å². The van der Waals surface area contributed by atoms with Crippen LogP contribution in [-0.4, -0.2) is 14.1 Å². The van der Waals surface area contributed by atoms with E-state index in [1.165, 1.54) is 22.8 Å². The largest absolute Gasteiger partial charge is 0.483 e. The Labute approximate surface area is 160 Å². The number of aromatic nitrogens is 2. The number of hydrogen-bond acceptors (Lipinski definition) is 5. The Hall–Kier alpha value is -3.68. The van der Waals surface area contributed by atoms with Crippen molar-refractivity contribution >= 4 is 5.69 Å². The summed E-state index contributed by atoms with van der Waals surface area (Å²) in [6.07, 6.45) is 1.55. The Morgan fingerprint density at radius 2 is 1.82 bits per heavy atom. The van der Waals surface area contributed by atoms with E-state index in [9.17, 15) is 19.7 Å². The minimum atomic E-state index is -0.710. The summed E-state index contributed by atoms with van der Waals surface area (Å²) >= 11 is 0. The molecule has 3 aromatic rings. The van der Waals surface area contributed by atoms with E-state index in [2.05, 4.69) is 0 Å². The van der Waals surface area contributed by atoms with Gasteiger partial charge in [0.05, 0.1) is 17.7 Å². The monoisotopic (exact) mass is 381 g/mol. The van der Waals surface area contributed by atoms with Crippen LogP contribution in [0.15, 0.2) is 64.3 Å². The third-order valence-corrected chi connectivity index (χ3v) is 4.43. The first-order valence-electron chi connectivity index (χ1n) is 8.58. The fourth-order valence-electron chi connectivity index (χ4n) is 2.80. The zero-order chi connectivity index (χ0) is 20.3. The summed E-state index contributed by atoms with van der Waals surface area (Å²) in [7, 11) is 1.72. The molecule has 0 aliphatic heterocycles. The van der Waals surface area contributed by atoms with Gasteiger partial charge in [-0.1, -0.05) is 30.3 Å². The maximum Gasteiger partial charge on any atom is 0.334 e. The second-order valence-electron chi connectivity index (χ2n) is 6.39. The van der Waals surface area contributed by atoms with Crippen LogP contribution in [0.5, 0.6) is 5.75 Å². The highest BCUT2D eigenvalue weighted by atomic mass is 16.6. The van der Waals surface area contributed by atoms with Crippen LogP contribution in [0.4, 0.5) is 5.69 Å². The summed E-state index contributed by atoms with van der Waals surface area (Å²) in [4.78, 5) is 35.1. The fourth-order valence-corrected chi connectivity index (χ4v) is 2.80. The molecular weight excluding hydrogens is 362 g/mol.